The lowest BCUT2D eigenvalue weighted by atomic mass is 9.91. The number of carbonyl (C=O) groups is 1. The molecular weight excluding hydrogens is 476 g/mol. The quantitative estimate of drug-likeness (QED) is 0.308. The summed E-state index contributed by atoms with van der Waals surface area (Å²) in [5, 5.41) is 16.5. The SMILES string of the molecule is CCCC[C@]1(CC)CSc2cc(CNC(CCSC)C(=O)O)c(OC)cc2CN1.c1ccccc1. The summed E-state index contributed by atoms with van der Waals surface area (Å²) < 4.78 is 5.64. The van der Waals surface area contributed by atoms with E-state index in [1.807, 2.05) is 54.4 Å². The molecule has 1 aliphatic heterocycles. The third-order valence-corrected chi connectivity index (χ3v) is 8.45. The minimum atomic E-state index is -0.796. The topological polar surface area (TPSA) is 70.6 Å². The first kappa shape index (κ1) is 29.6. The van der Waals surface area contributed by atoms with E-state index in [2.05, 4.69) is 36.6 Å². The van der Waals surface area contributed by atoms with Crippen LogP contribution >= 0.6 is 23.5 Å². The van der Waals surface area contributed by atoms with Crippen molar-refractivity contribution in [2.75, 3.05) is 24.9 Å². The molecule has 1 aliphatic rings. The molecule has 3 rings (SSSR count). The van der Waals surface area contributed by atoms with E-state index < -0.39 is 12.0 Å². The summed E-state index contributed by atoms with van der Waals surface area (Å²) in [5.74, 6) is 1.91. The van der Waals surface area contributed by atoms with Crippen molar-refractivity contribution in [2.24, 2.45) is 0 Å². The molecule has 0 amide bonds. The zero-order valence-corrected chi connectivity index (χ0v) is 23.3. The highest BCUT2D eigenvalue weighted by Crippen LogP contribution is 2.37. The van der Waals surface area contributed by atoms with Crippen molar-refractivity contribution in [3.05, 3.63) is 59.7 Å². The van der Waals surface area contributed by atoms with Gasteiger partial charge in [-0.3, -0.25) is 4.79 Å². The van der Waals surface area contributed by atoms with Gasteiger partial charge in [0.2, 0.25) is 0 Å². The number of carboxylic acids is 1. The Hall–Kier alpha value is -1.67. The first-order valence-electron chi connectivity index (χ1n) is 12.5. The van der Waals surface area contributed by atoms with Crippen molar-refractivity contribution in [2.45, 2.75) is 75.5 Å². The molecule has 0 bridgehead atoms. The number of ether oxygens (including phenoxy) is 1. The lowest BCUT2D eigenvalue weighted by Gasteiger charge is -2.32. The number of methoxy groups -OCH3 is 1. The highest BCUT2D eigenvalue weighted by Gasteiger charge is 2.30. The second-order valence-electron chi connectivity index (χ2n) is 8.86. The van der Waals surface area contributed by atoms with Gasteiger partial charge in [0.1, 0.15) is 11.8 Å². The summed E-state index contributed by atoms with van der Waals surface area (Å²) in [7, 11) is 1.68. The van der Waals surface area contributed by atoms with Gasteiger partial charge in [-0.15, -0.1) is 11.8 Å². The highest BCUT2D eigenvalue weighted by molar-refractivity contribution is 7.99. The number of aliphatic carboxylic acids is 1. The molecule has 2 aromatic rings. The predicted molar refractivity (Wildman–Crippen MR) is 151 cm³/mol. The fourth-order valence-corrected chi connectivity index (χ4v) is 5.94. The zero-order chi connectivity index (χ0) is 25.5. The number of thioether (sulfide) groups is 2. The van der Waals surface area contributed by atoms with Gasteiger partial charge < -0.3 is 20.5 Å². The maximum absolute atomic E-state index is 11.5. The van der Waals surface area contributed by atoms with Crippen LogP contribution in [0.2, 0.25) is 0 Å². The Bertz CT molecular complexity index is 855. The van der Waals surface area contributed by atoms with Crippen LogP contribution < -0.4 is 15.4 Å². The summed E-state index contributed by atoms with van der Waals surface area (Å²) in [6.07, 6.45) is 7.38. The third kappa shape index (κ3) is 9.71. The molecule has 2 atom stereocenters. The molecule has 1 heterocycles. The molecule has 1 unspecified atom stereocenters. The van der Waals surface area contributed by atoms with Gasteiger partial charge in [-0.1, -0.05) is 63.1 Å². The van der Waals surface area contributed by atoms with Gasteiger partial charge in [0.25, 0.3) is 0 Å². The van der Waals surface area contributed by atoms with E-state index in [9.17, 15) is 9.90 Å². The van der Waals surface area contributed by atoms with Gasteiger partial charge in [-0.25, -0.2) is 0 Å². The van der Waals surface area contributed by atoms with Crippen LogP contribution in [0.4, 0.5) is 0 Å². The predicted octanol–water partition coefficient (Wildman–Crippen LogP) is 6.21. The molecular formula is C28H42N2O3S2. The van der Waals surface area contributed by atoms with E-state index in [0.29, 0.717) is 13.0 Å². The summed E-state index contributed by atoms with van der Waals surface area (Å²) >= 11 is 3.58. The second-order valence-corrected chi connectivity index (χ2v) is 10.9. The van der Waals surface area contributed by atoms with E-state index in [4.69, 9.17) is 4.74 Å². The summed E-state index contributed by atoms with van der Waals surface area (Å²) in [5.41, 5.74) is 2.46. The fraction of sp³-hybridized carbons (Fsp3) is 0.536. The summed E-state index contributed by atoms with van der Waals surface area (Å²) in [6.45, 7) is 5.85. The van der Waals surface area contributed by atoms with Crippen molar-refractivity contribution in [1.82, 2.24) is 10.6 Å². The Morgan fingerprint density at radius 2 is 1.91 bits per heavy atom. The van der Waals surface area contributed by atoms with Crippen LogP contribution in [-0.4, -0.2) is 47.5 Å². The molecule has 0 saturated heterocycles. The van der Waals surface area contributed by atoms with Crippen LogP contribution in [0.15, 0.2) is 53.4 Å². The van der Waals surface area contributed by atoms with Crippen LogP contribution in [0.5, 0.6) is 5.75 Å². The normalized spacial score (nSPS) is 17.9. The maximum Gasteiger partial charge on any atom is 0.320 e. The Morgan fingerprint density at radius 3 is 2.46 bits per heavy atom. The zero-order valence-electron chi connectivity index (χ0n) is 21.6. The standard InChI is InChI=1S/C22H36N2O3S2.C6H6/c1-5-7-9-22(6-2)15-29-20-12-16(19(27-3)11-17(20)14-24-22)13-23-18(21(25)26)8-10-28-4;1-2-4-6-5-3-1/h11-12,18,23-24H,5-10,13-15H2,1-4H3,(H,25,26);1-6H/t18?,22-;/m1./s1. The highest BCUT2D eigenvalue weighted by atomic mass is 32.2. The summed E-state index contributed by atoms with van der Waals surface area (Å²) in [6, 6.07) is 15.8. The molecule has 0 aliphatic carbocycles. The molecule has 35 heavy (non-hydrogen) atoms. The van der Waals surface area contributed by atoms with Crippen LogP contribution in [0.3, 0.4) is 0 Å². The van der Waals surface area contributed by atoms with Gasteiger partial charge in [0, 0.05) is 34.8 Å². The van der Waals surface area contributed by atoms with E-state index in [0.717, 1.165) is 35.8 Å². The monoisotopic (exact) mass is 518 g/mol. The molecule has 5 nitrogen and oxygen atoms in total. The van der Waals surface area contributed by atoms with E-state index in [1.54, 1.807) is 18.9 Å². The number of hydrogen-bond acceptors (Lipinski definition) is 6. The summed E-state index contributed by atoms with van der Waals surface area (Å²) in [4.78, 5) is 12.8. The van der Waals surface area contributed by atoms with Crippen molar-refractivity contribution in [1.29, 1.82) is 0 Å². The smallest absolute Gasteiger partial charge is 0.320 e. The number of benzene rings is 2. The Kier molecular flexibility index (Phi) is 13.6. The molecule has 0 radical (unpaired) electrons. The van der Waals surface area contributed by atoms with Crippen LogP contribution in [-0.2, 0) is 17.9 Å². The average Bonchev–Trinajstić information content (AvgIpc) is 3.07. The molecule has 194 valence electrons. The average molecular weight is 519 g/mol. The minimum Gasteiger partial charge on any atom is -0.496 e. The molecule has 3 N–H and O–H groups in total. The number of fused-ring (bicyclic) bond motifs is 1. The number of nitrogens with one attached hydrogen (secondary N) is 2. The van der Waals surface area contributed by atoms with Crippen LogP contribution in [0, 0.1) is 0 Å². The Balaban J connectivity index is 0.000000625. The van der Waals surface area contributed by atoms with Crippen molar-refractivity contribution in [3.8, 4) is 5.75 Å². The van der Waals surface area contributed by atoms with Crippen LogP contribution in [0.1, 0.15) is 57.1 Å². The third-order valence-electron chi connectivity index (χ3n) is 6.42. The molecule has 0 spiro atoms. The lowest BCUT2D eigenvalue weighted by Crippen LogP contribution is -2.45. The van der Waals surface area contributed by atoms with E-state index in [-0.39, 0.29) is 5.54 Å². The molecule has 0 aromatic heterocycles. The molecule has 0 saturated carbocycles. The molecule has 7 heteroatoms. The first-order valence-corrected chi connectivity index (χ1v) is 14.9. The van der Waals surface area contributed by atoms with E-state index in [1.165, 1.54) is 29.7 Å². The number of hydrogen-bond donors (Lipinski definition) is 3. The Labute approximate surface area is 220 Å². The van der Waals surface area contributed by atoms with Gasteiger partial charge >= 0.3 is 5.97 Å². The van der Waals surface area contributed by atoms with Crippen molar-refractivity contribution < 1.29 is 14.6 Å². The van der Waals surface area contributed by atoms with Gasteiger partial charge in [-0.05, 0) is 49.0 Å². The minimum absolute atomic E-state index is 0.178. The van der Waals surface area contributed by atoms with Crippen molar-refractivity contribution in [3.63, 3.8) is 0 Å². The second kappa shape index (κ2) is 16.1. The van der Waals surface area contributed by atoms with Gasteiger partial charge in [-0.2, -0.15) is 11.8 Å². The first-order chi connectivity index (χ1) is 17.0. The number of unbranched alkanes of at least 4 members (excludes halogenated alkanes) is 1. The van der Waals surface area contributed by atoms with Gasteiger partial charge in [0.05, 0.1) is 7.11 Å². The maximum atomic E-state index is 11.5. The molecule has 2 aromatic carbocycles. The van der Waals surface area contributed by atoms with E-state index >= 15 is 0 Å². The Morgan fingerprint density at radius 1 is 1.23 bits per heavy atom. The fourth-order valence-electron chi connectivity index (χ4n) is 4.04. The number of carboxylic acid groups (broad SMARTS) is 1. The number of rotatable bonds is 12. The molecule has 0 fully saturated rings. The van der Waals surface area contributed by atoms with Crippen molar-refractivity contribution >= 4 is 29.5 Å². The van der Waals surface area contributed by atoms with Crippen LogP contribution in [0.25, 0.3) is 0 Å². The lowest BCUT2D eigenvalue weighted by molar-refractivity contribution is -0.139. The van der Waals surface area contributed by atoms with Gasteiger partial charge in [0.15, 0.2) is 0 Å². The largest absolute Gasteiger partial charge is 0.496 e.